The molecule has 1 aromatic carbocycles. The summed E-state index contributed by atoms with van der Waals surface area (Å²) in [5, 5.41) is 9.70. The van der Waals surface area contributed by atoms with Crippen LogP contribution < -0.4 is 4.74 Å². The van der Waals surface area contributed by atoms with Gasteiger partial charge in [-0.1, -0.05) is 15.9 Å². The Kier molecular flexibility index (Phi) is 3.87. The highest BCUT2D eigenvalue weighted by Gasteiger charge is 2.19. The Balaban J connectivity index is 2.18. The highest BCUT2D eigenvalue weighted by molar-refractivity contribution is 9.10. The van der Waals surface area contributed by atoms with Gasteiger partial charge in [-0.2, -0.15) is 0 Å². The molecule has 3 heteroatoms. The number of hydrogen-bond donors (Lipinski definition) is 1. The van der Waals surface area contributed by atoms with Crippen molar-refractivity contribution in [2.45, 2.75) is 44.8 Å². The quantitative estimate of drug-likeness (QED) is 0.914. The number of aliphatic hydroxyl groups excluding tert-OH is 1. The Hall–Kier alpha value is -0.540. The average molecular weight is 285 g/mol. The molecule has 1 aliphatic rings. The van der Waals surface area contributed by atoms with Crippen LogP contribution in [-0.2, 0) is 0 Å². The third kappa shape index (κ3) is 2.77. The van der Waals surface area contributed by atoms with E-state index in [-0.39, 0.29) is 0 Å². The Morgan fingerprint density at radius 1 is 1.38 bits per heavy atom. The highest BCUT2D eigenvalue weighted by atomic mass is 79.9. The summed E-state index contributed by atoms with van der Waals surface area (Å²) >= 11 is 3.41. The van der Waals surface area contributed by atoms with Crippen LogP contribution in [-0.4, -0.2) is 11.2 Å². The molecule has 0 unspecified atom stereocenters. The van der Waals surface area contributed by atoms with Crippen LogP contribution in [0.5, 0.6) is 5.75 Å². The summed E-state index contributed by atoms with van der Waals surface area (Å²) in [6, 6.07) is 5.82. The fourth-order valence-corrected chi connectivity index (χ4v) is 2.52. The molecular weight excluding hydrogens is 268 g/mol. The van der Waals surface area contributed by atoms with Crippen LogP contribution in [0.3, 0.4) is 0 Å². The van der Waals surface area contributed by atoms with E-state index >= 15 is 0 Å². The van der Waals surface area contributed by atoms with E-state index in [9.17, 15) is 5.11 Å². The fraction of sp³-hybridized carbons (Fsp3) is 0.538. The number of aliphatic hydroxyl groups is 1. The van der Waals surface area contributed by atoms with Gasteiger partial charge < -0.3 is 9.84 Å². The van der Waals surface area contributed by atoms with Crippen molar-refractivity contribution in [3.63, 3.8) is 0 Å². The maximum absolute atomic E-state index is 9.70. The van der Waals surface area contributed by atoms with Crippen molar-refractivity contribution in [3.8, 4) is 5.75 Å². The summed E-state index contributed by atoms with van der Waals surface area (Å²) in [7, 11) is 0. The second-order valence-electron chi connectivity index (χ2n) is 4.38. The monoisotopic (exact) mass is 284 g/mol. The summed E-state index contributed by atoms with van der Waals surface area (Å²) < 4.78 is 6.92. The van der Waals surface area contributed by atoms with Gasteiger partial charge in [0.15, 0.2) is 0 Å². The van der Waals surface area contributed by atoms with Gasteiger partial charge in [0.25, 0.3) is 0 Å². The average Bonchev–Trinajstić information content (AvgIpc) is 2.73. The molecule has 1 atom stereocenters. The van der Waals surface area contributed by atoms with Gasteiger partial charge in [0.2, 0.25) is 0 Å². The highest BCUT2D eigenvalue weighted by Crippen LogP contribution is 2.31. The van der Waals surface area contributed by atoms with Crippen LogP contribution in [0.15, 0.2) is 22.7 Å². The number of rotatable bonds is 3. The molecule has 0 spiro atoms. The summed E-state index contributed by atoms with van der Waals surface area (Å²) in [4.78, 5) is 0. The first-order valence-corrected chi connectivity index (χ1v) is 6.60. The van der Waals surface area contributed by atoms with Gasteiger partial charge in [-0.15, -0.1) is 0 Å². The molecule has 1 N–H and O–H groups in total. The third-order valence-corrected chi connectivity index (χ3v) is 3.51. The van der Waals surface area contributed by atoms with Crippen molar-refractivity contribution < 1.29 is 9.84 Å². The zero-order valence-electron chi connectivity index (χ0n) is 9.45. The van der Waals surface area contributed by atoms with Crippen molar-refractivity contribution in [1.29, 1.82) is 0 Å². The first kappa shape index (κ1) is 11.9. The van der Waals surface area contributed by atoms with E-state index in [1.807, 2.05) is 18.2 Å². The maximum Gasteiger partial charge on any atom is 0.125 e. The zero-order valence-corrected chi connectivity index (χ0v) is 11.0. The topological polar surface area (TPSA) is 29.5 Å². The van der Waals surface area contributed by atoms with E-state index < -0.39 is 6.10 Å². The SMILES string of the molecule is C[C@H](O)c1cc(Br)ccc1OC1CCCC1. The maximum atomic E-state index is 9.70. The molecule has 0 aromatic heterocycles. The van der Waals surface area contributed by atoms with E-state index in [1.54, 1.807) is 6.92 Å². The molecule has 1 aliphatic carbocycles. The summed E-state index contributed by atoms with van der Waals surface area (Å²) in [6.45, 7) is 1.77. The van der Waals surface area contributed by atoms with Crippen molar-refractivity contribution in [2.24, 2.45) is 0 Å². The molecule has 16 heavy (non-hydrogen) atoms. The van der Waals surface area contributed by atoms with E-state index in [0.29, 0.717) is 6.10 Å². The number of halogens is 1. The van der Waals surface area contributed by atoms with Crippen LogP contribution in [0.2, 0.25) is 0 Å². The van der Waals surface area contributed by atoms with Gasteiger partial charge in [-0.3, -0.25) is 0 Å². The number of hydrogen-bond acceptors (Lipinski definition) is 2. The van der Waals surface area contributed by atoms with Crippen molar-refractivity contribution in [2.75, 3.05) is 0 Å². The first-order chi connectivity index (χ1) is 7.66. The molecule has 1 fully saturated rings. The second kappa shape index (κ2) is 5.19. The Bertz CT molecular complexity index is 357. The van der Waals surface area contributed by atoms with Crippen LogP contribution in [0.4, 0.5) is 0 Å². The van der Waals surface area contributed by atoms with Crippen molar-refractivity contribution in [1.82, 2.24) is 0 Å². The normalized spacial score (nSPS) is 18.7. The lowest BCUT2D eigenvalue weighted by Crippen LogP contribution is -2.12. The van der Waals surface area contributed by atoms with Crippen molar-refractivity contribution in [3.05, 3.63) is 28.2 Å². The minimum atomic E-state index is -0.492. The lowest BCUT2D eigenvalue weighted by Gasteiger charge is -2.18. The smallest absolute Gasteiger partial charge is 0.125 e. The molecule has 0 heterocycles. The van der Waals surface area contributed by atoms with E-state index in [1.165, 1.54) is 12.8 Å². The van der Waals surface area contributed by atoms with Crippen LogP contribution in [0, 0.1) is 0 Å². The molecule has 2 nitrogen and oxygen atoms in total. The first-order valence-electron chi connectivity index (χ1n) is 5.81. The number of ether oxygens (including phenoxy) is 1. The third-order valence-electron chi connectivity index (χ3n) is 3.02. The molecule has 0 radical (unpaired) electrons. The van der Waals surface area contributed by atoms with Crippen molar-refractivity contribution >= 4 is 15.9 Å². The number of benzene rings is 1. The lowest BCUT2D eigenvalue weighted by molar-refractivity contribution is 0.174. The van der Waals surface area contributed by atoms with Gasteiger partial charge in [0, 0.05) is 10.0 Å². The van der Waals surface area contributed by atoms with Crippen LogP contribution >= 0.6 is 15.9 Å². The van der Waals surface area contributed by atoms with Crippen LogP contribution in [0.1, 0.15) is 44.3 Å². The zero-order chi connectivity index (χ0) is 11.5. The van der Waals surface area contributed by atoms with E-state index in [4.69, 9.17) is 4.74 Å². The summed E-state index contributed by atoms with van der Waals surface area (Å²) in [5.41, 5.74) is 0.862. The Morgan fingerprint density at radius 2 is 2.06 bits per heavy atom. The Morgan fingerprint density at radius 3 is 2.69 bits per heavy atom. The van der Waals surface area contributed by atoms with Crippen LogP contribution in [0.25, 0.3) is 0 Å². The van der Waals surface area contributed by atoms with Gasteiger partial charge in [-0.05, 0) is 50.8 Å². The predicted octanol–water partition coefficient (Wildman–Crippen LogP) is 3.82. The molecule has 1 aromatic rings. The minimum Gasteiger partial charge on any atom is -0.490 e. The standard InChI is InChI=1S/C13H17BrO2/c1-9(15)12-8-10(14)6-7-13(12)16-11-4-2-3-5-11/h6-9,11,15H,2-5H2,1H3/t9-/m0/s1. The lowest BCUT2D eigenvalue weighted by atomic mass is 10.1. The molecule has 0 bridgehead atoms. The molecule has 1 saturated carbocycles. The van der Waals surface area contributed by atoms with Gasteiger partial charge in [0.05, 0.1) is 12.2 Å². The largest absolute Gasteiger partial charge is 0.490 e. The summed E-state index contributed by atoms with van der Waals surface area (Å²) in [6.07, 6.45) is 4.62. The minimum absolute atomic E-state index is 0.332. The molecule has 88 valence electrons. The molecular formula is C13H17BrO2. The fourth-order valence-electron chi connectivity index (χ4n) is 2.14. The van der Waals surface area contributed by atoms with E-state index in [2.05, 4.69) is 15.9 Å². The summed E-state index contributed by atoms with van der Waals surface area (Å²) in [5.74, 6) is 0.824. The van der Waals surface area contributed by atoms with Gasteiger partial charge in [0.1, 0.15) is 5.75 Å². The molecule has 0 aliphatic heterocycles. The molecule has 0 amide bonds. The van der Waals surface area contributed by atoms with E-state index in [0.717, 1.165) is 28.6 Å². The Labute approximate surface area is 105 Å². The predicted molar refractivity (Wildman–Crippen MR) is 67.7 cm³/mol. The second-order valence-corrected chi connectivity index (χ2v) is 5.30. The molecule has 0 saturated heterocycles. The molecule has 2 rings (SSSR count). The van der Waals surface area contributed by atoms with Gasteiger partial charge in [-0.25, -0.2) is 0 Å². The van der Waals surface area contributed by atoms with Gasteiger partial charge >= 0.3 is 0 Å².